The van der Waals surface area contributed by atoms with Gasteiger partial charge in [0.15, 0.2) is 0 Å². The molecule has 0 amide bonds. The predicted molar refractivity (Wildman–Crippen MR) is 66.4 cm³/mol. The first-order valence-corrected chi connectivity index (χ1v) is 5.63. The fraction of sp³-hybridized carbons (Fsp3) is 0.333. The molecule has 0 saturated heterocycles. The zero-order chi connectivity index (χ0) is 10.9. The molecule has 2 aliphatic rings. The molecular weight excluding hydrogens is 180 g/mol. The van der Waals surface area contributed by atoms with E-state index in [-0.39, 0.29) is 5.41 Å². The van der Waals surface area contributed by atoms with Crippen molar-refractivity contribution < 1.29 is 0 Å². The molecule has 0 fully saturated rings. The van der Waals surface area contributed by atoms with Crippen LogP contribution in [0.2, 0.25) is 0 Å². The summed E-state index contributed by atoms with van der Waals surface area (Å²) in [5.41, 5.74) is 4.48. The normalized spacial score (nSPS) is 11.9. The summed E-state index contributed by atoms with van der Waals surface area (Å²) in [4.78, 5) is 0. The Hall–Kier alpha value is -1.30. The number of rotatable bonds is 2. The second kappa shape index (κ2) is 3.69. The molecule has 0 aliphatic heterocycles. The molecule has 0 aromatic rings. The predicted octanol–water partition coefficient (Wildman–Crippen LogP) is 4.48. The molecule has 0 radical (unpaired) electrons. The Kier molecular flexibility index (Phi) is 2.52. The van der Waals surface area contributed by atoms with Gasteiger partial charge in [-0.15, -0.1) is 0 Å². The lowest BCUT2D eigenvalue weighted by molar-refractivity contribution is 0.509. The van der Waals surface area contributed by atoms with Gasteiger partial charge in [0.2, 0.25) is 0 Å². The smallest absolute Gasteiger partial charge is 0.0100 e. The quantitative estimate of drug-likeness (QED) is 0.667. The summed E-state index contributed by atoms with van der Waals surface area (Å²) in [6, 6.07) is 15.2. The Morgan fingerprint density at radius 1 is 0.933 bits per heavy atom. The van der Waals surface area contributed by atoms with Crippen molar-refractivity contribution in [1.29, 1.82) is 0 Å². The Morgan fingerprint density at radius 2 is 1.67 bits per heavy atom. The van der Waals surface area contributed by atoms with Gasteiger partial charge in [0.1, 0.15) is 0 Å². The van der Waals surface area contributed by atoms with Gasteiger partial charge in [0.25, 0.3) is 0 Å². The van der Waals surface area contributed by atoms with Crippen LogP contribution in [-0.4, -0.2) is 0 Å². The standard InChI is InChI=1S/C15H18/c1-4-15(2,3)14-11-10-12-8-6-5-7-9-13(12)14/h5-11H,4H2,1-3H3. The second-order valence-corrected chi connectivity index (χ2v) is 4.76. The van der Waals surface area contributed by atoms with Gasteiger partial charge in [0.05, 0.1) is 0 Å². The highest BCUT2D eigenvalue weighted by Gasteiger charge is 2.22. The van der Waals surface area contributed by atoms with Crippen LogP contribution in [0.25, 0.3) is 11.1 Å². The van der Waals surface area contributed by atoms with Crippen molar-refractivity contribution in [2.45, 2.75) is 32.6 Å². The van der Waals surface area contributed by atoms with Gasteiger partial charge in [-0.1, -0.05) is 63.2 Å². The van der Waals surface area contributed by atoms with E-state index >= 15 is 0 Å². The summed E-state index contributed by atoms with van der Waals surface area (Å²) in [6.07, 6.45) is 1.17. The highest BCUT2D eigenvalue weighted by molar-refractivity contribution is 5.71. The highest BCUT2D eigenvalue weighted by atomic mass is 14.3. The van der Waals surface area contributed by atoms with Crippen molar-refractivity contribution in [2.75, 3.05) is 0 Å². The van der Waals surface area contributed by atoms with Crippen LogP contribution in [0, 0.1) is 0 Å². The van der Waals surface area contributed by atoms with Gasteiger partial charge in [-0.25, -0.2) is 0 Å². The van der Waals surface area contributed by atoms with Crippen LogP contribution >= 0.6 is 0 Å². The second-order valence-electron chi connectivity index (χ2n) is 4.76. The summed E-state index contributed by atoms with van der Waals surface area (Å²) >= 11 is 0. The van der Waals surface area contributed by atoms with E-state index in [4.69, 9.17) is 0 Å². The number of hydrogen-bond donors (Lipinski definition) is 0. The molecule has 78 valence electrons. The Labute approximate surface area is 92.3 Å². The van der Waals surface area contributed by atoms with Crippen LogP contribution in [0.1, 0.15) is 32.8 Å². The van der Waals surface area contributed by atoms with E-state index in [1.165, 1.54) is 23.1 Å². The van der Waals surface area contributed by atoms with Gasteiger partial charge < -0.3 is 0 Å². The van der Waals surface area contributed by atoms with Crippen molar-refractivity contribution in [2.24, 2.45) is 0 Å². The lowest BCUT2D eigenvalue weighted by Crippen LogP contribution is -2.14. The summed E-state index contributed by atoms with van der Waals surface area (Å²) in [7, 11) is 0. The number of hydrogen-bond acceptors (Lipinski definition) is 0. The van der Waals surface area contributed by atoms with E-state index in [1.807, 2.05) is 0 Å². The molecule has 0 heterocycles. The monoisotopic (exact) mass is 198 g/mol. The van der Waals surface area contributed by atoms with Crippen molar-refractivity contribution in [3.63, 3.8) is 0 Å². The average molecular weight is 198 g/mol. The fourth-order valence-electron chi connectivity index (χ4n) is 2.00. The maximum atomic E-state index is 2.31. The minimum atomic E-state index is 0.274. The largest absolute Gasteiger partial charge is 0.0646 e. The zero-order valence-electron chi connectivity index (χ0n) is 9.75. The summed E-state index contributed by atoms with van der Waals surface area (Å²) in [5.74, 6) is 0. The molecule has 0 spiro atoms. The molecule has 0 aromatic carbocycles. The topological polar surface area (TPSA) is 0 Å². The van der Waals surface area contributed by atoms with Crippen molar-refractivity contribution in [1.82, 2.24) is 0 Å². The minimum Gasteiger partial charge on any atom is -0.0646 e. The summed E-state index contributed by atoms with van der Waals surface area (Å²) in [5, 5.41) is 0. The van der Waals surface area contributed by atoms with E-state index in [0.717, 1.165) is 0 Å². The third-order valence-corrected chi connectivity index (χ3v) is 3.40. The first kappa shape index (κ1) is 10.2. The van der Waals surface area contributed by atoms with Crippen LogP contribution in [0.15, 0.2) is 42.5 Å². The molecule has 0 N–H and O–H groups in total. The maximum absolute atomic E-state index is 2.31. The average Bonchev–Trinajstić information content (AvgIpc) is 2.49. The SMILES string of the molecule is CCC(C)(C)c1ccc2cccccc1-2. The lowest BCUT2D eigenvalue weighted by Gasteiger charge is -2.23. The van der Waals surface area contributed by atoms with Crippen LogP contribution in [0.5, 0.6) is 0 Å². The van der Waals surface area contributed by atoms with E-state index in [2.05, 4.69) is 63.2 Å². The molecule has 0 bridgehead atoms. The van der Waals surface area contributed by atoms with E-state index < -0.39 is 0 Å². The first-order valence-electron chi connectivity index (χ1n) is 5.63. The molecule has 0 nitrogen and oxygen atoms in total. The highest BCUT2D eigenvalue weighted by Crippen LogP contribution is 2.37. The van der Waals surface area contributed by atoms with E-state index in [0.29, 0.717) is 0 Å². The summed E-state index contributed by atoms with van der Waals surface area (Å²) in [6.45, 7) is 6.88. The first-order chi connectivity index (χ1) is 7.15. The fourth-order valence-corrected chi connectivity index (χ4v) is 2.00. The van der Waals surface area contributed by atoms with Crippen molar-refractivity contribution in [3.05, 3.63) is 48.0 Å². The van der Waals surface area contributed by atoms with Crippen LogP contribution in [0.3, 0.4) is 0 Å². The Bertz CT molecular complexity index is 426. The van der Waals surface area contributed by atoms with E-state index in [9.17, 15) is 0 Å². The van der Waals surface area contributed by atoms with Gasteiger partial charge in [-0.05, 0) is 28.5 Å². The molecule has 0 atom stereocenters. The Balaban J connectivity index is 2.59. The molecule has 0 saturated carbocycles. The minimum absolute atomic E-state index is 0.274. The molecule has 15 heavy (non-hydrogen) atoms. The third kappa shape index (κ3) is 1.77. The van der Waals surface area contributed by atoms with Gasteiger partial charge >= 0.3 is 0 Å². The van der Waals surface area contributed by atoms with Crippen LogP contribution in [0.4, 0.5) is 0 Å². The van der Waals surface area contributed by atoms with Gasteiger partial charge in [-0.2, -0.15) is 0 Å². The van der Waals surface area contributed by atoms with Crippen LogP contribution in [-0.2, 0) is 5.41 Å². The van der Waals surface area contributed by atoms with Gasteiger partial charge in [-0.3, -0.25) is 0 Å². The van der Waals surface area contributed by atoms with Crippen molar-refractivity contribution >= 4 is 0 Å². The maximum Gasteiger partial charge on any atom is -0.0100 e. The molecule has 2 aliphatic carbocycles. The molecular formula is C15H18. The third-order valence-electron chi connectivity index (χ3n) is 3.40. The van der Waals surface area contributed by atoms with E-state index in [1.54, 1.807) is 0 Å². The Morgan fingerprint density at radius 3 is 2.40 bits per heavy atom. The molecule has 0 unspecified atom stereocenters. The molecule has 0 aromatic heterocycles. The number of fused-ring (bicyclic) bond motifs is 1. The molecule has 0 heteroatoms. The summed E-state index contributed by atoms with van der Waals surface area (Å²) < 4.78 is 0. The van der Waals surface area contributed by atoms with Gasteiger partial charge in [0, 0.05) is 0 Å². The van der Waals surface area contributed by atoms with Crippen molar-refractivity contribution in [3.8, 4) is 11.1 Å². The zero-order valence-corrected chi connectivity index (χ0v) is 9.75. The molecule has 2 rings (SSSR count). The van der Waals surface area contributed by atoms with Crippen LogP contribution < -0.4 is 0 Å². The lowest BCUT2D eigenvalue weighted by atomic mass is 9.81.